The minimum absolute atomic E-state index is 0.341. The molecule has 1 amide bonds. The number of nitrogens with one attached hydrogen (secondary N) is 1. The molecule has 0 aliphatic rings. The van der Waals surface area contributed by atoms with Crippen LogP contribution in [0.3, 0.4) is 0 Å². The van der Waals surface area contributed by atoms with Crippen LogP contribution in [-0.4, -0.2) is 23.5 Å². The first kappa shape index (κ1) is 18.8. The fourth-order valence-corrected chi connectivity index (χ4v) is 3.47. The maximum absolute atomic E-state index is 12.3. The Morgan fingerprint density at radius 1 is 1.07 bits per heavy atom. The molecule has 0 radical (unpaired) electrons. The van der Waals surface area contributed by atoms with Gasteiger partial charge < -0.3 is 10.1 Å². The van der Waals surface area contributed by atoms with Gasteiger partial charge in [0.2, 0.25) is 0 Å². The number of thiazole rings is 1. The highest BCUT2D eigenvalue weighted by atomic mass is 32.1. The topological polar surface area (TPSA) is 68.3 Å². The zero-order valence-corrected chi connectivity index (χ0v) is 16.0. The summed E-state index contributed by atoms with van der Waals surface area (Å²) in [7, 11) is 0. The number of rotatable bonds is 6. The van der Waals surface area contributed by atoms with E-state index in [1.807, 2.05) is 54.6 Å². The van der Waals surface area contributed by atoms with E-state index in [1.54, 1.807) is 6.92 Å². The lowest BCUT2D eigenvalue weighted by atomic mass is 10.1. The number of aromatic nitrogens is 1. The standard InChI is InChI=1S/C21H20N2O3S/c1-3-15-9-11-17(12-10-15)23-18(24)13-26-21(25)19-14(2)22-20(27-19)16-7-5-4-6-8-16/h4-12H,3,13H2,1-2H3,(H,23,24). The van der Waals surface area contributed by atoms with Gasteiger partial charge >= 0.3 is 5.97 Å². The van der Waals surface area contributed by atoms with Crippen LogP contribution in [0.25, 0.3) is 10.6 Å². The van der Waals surface area contributed by atoms with E-state index in [0.717, 1.165) is 17.0 Å². The first-order valence-corrected chi connectivity index (χ1v) is 9.47. The second-order valence-corrected chi connectivity index (χ2v) is 6.97. The Labute approximate surface area is 162 Å². The molecule has 0 saturated carbocycles. The van der Waals surface area contributed by atoms with Crippen LogP contribution in [0.15, 0.2) is 54.6 Å². The summed E-state index contributed by atoms with van der Waals surface area (Å²) in [5.41, 5.74) is 3.40. The summed E-state index contributed by atoms with van der Waals surface area (Å²) in [6.07, 6.45) is 0.936. The molecule has 0 aliphatic carbocycles. The molecule has 6 heteroatoms. The average Bonchev–Trinajstić information content (AvgIpc) is 3.09. The molecular weight excluding hydrogens is 360 g/mol. The first-order valence-electron chi connectivity index (χ1n) is 8.65. The van der Waals surface area contributed by atoms with Crippen LogP contribution in [0.1, 0.15) is 27.9 Å². The van der Waals surface area contributed by atoms with Gasteiger partial charge in [-0.15, -0.1) is 11.3 Å². The van der Waals surface area contributed by atoms with E-state index in [2.05, 4.69) is 17.2 Å². The van der Waals surface area contributed by atoms with Crippen LogP contribution < -0.4 is 5.32 Å². The van der Waals surface area contributed by atoms with Crippen molar-refractivity contribution in [2.45, 2.75) is 20.3 Å². The van der Waals surface area contributed by atoms with E-state index in [1.165, 1.54) is 16.9 Å². The fourth-order valence-electron chi connectivity index (χ4n) is 2.51. The van der Waals surface area contributed by atoms with Gasteiger partial charge in [0.1, 0.15) is 9.88 Å². The lowest BCUT2D eigenvalue weighted by molar-refractivity contribution is -0.119. The zero-order chi connectivity index (χ0) is 19.2. The summed E-state index contributed by atoms with van der Waals surface area (Å²) in [5.74, 6) is -0.915. The molecule has 138 valence electrons. The third-order valence-corrected chi connectivity index (χ3v) is 5.17. The van der Waals surface area contributed by atoms with E-state index in [9.17, 15) is 9.59 Å². The number of benzene rings is 2. The molecule has 1 N–H and O–H groups in total. The molecule has 3 aromatic rings. The molecule has 1 heterocycles. The van der Waals surface area contributed by atoms with Gasteiger partial charge in [0.15, 0.2) is 6.61 Å². The largest absolute Gasteiger partial charge is 0.451 e. The first-order chi connectivity index (χ1) is 13.1. The fraction of sp³-hybridized carbons (Fsp3) is 0.190. The zero-order valence-electron chi connectivity index (χ0n) is 15.2. The van der Waals surface area contributed by atoms with Crippen molar-refractivity contribution in [3.05, 3.63) is 70.7 Å². The maximum atomic E-state index is 12.3. The number of hydrogen-bond donors (Lipinski definition) is 1. The number of hydrogen-bond acceptors (Lipinski definition) is 5. The van der Waals surface area contributed by atoms with Crippen LogP contribution in [0.2, 0.25) is 0 Å². The number of carbonyl (C=O) groups excluding carboxylic acids is 2. The Morgan fingerprint density at radius 3 is 2.44 bits per heavy atom. The minimum atomic E-state index is -0.538. The van der Waals surface area contributed by atoms with E-state index < -0.39 is 5.97 Å². The normalized spacial score (nSPS) is 10.4. The number of esters is 1. The molecule has 0 bridgehead atoms. The van der Waals surface area contributed by atoms with Gasteiger partial charge in [0.05, 0.1) is 5.69 Å². The lowest BCUT2D eigenvalue weighted by Crippen LogP contribution is -2.20. The Hall–Kier alpha value is -2.99. The van der Waals surface area contributed by atoms with Crippen LogP contribution in [0, 0.1) is 6.92 Å². The van der Waals surface area contributed by atoms with Gasteiger partial charge in [-0.05, 0) is 31.0 Å². The van der Waals surface area contributed by atoms with Crippen molar-refractivity contribution in [2.24, 2.45) is 0 Å². The predicted octanol–water partition coefficient (Wildman–Crippen LogP) is 4.48. The number of ether oxygens (including phenoxy) is 1. The van der Waals surface area contributed by atoms with Crippen LogP contribution in [0.4, 0.5) is 5.69 Å². The van der Waals surface area contributed by atoms with E-state index >= 15 is 0 Å². The molecule has 0 spiro atoms. The van der Waals surface area contributed by atoms with E-state index in [0.29, 0.717) is 16.3 Å². The quantitative estimate of drug-likeness (QED) is 0.641. The Balaban J connectivity index is 1.59. The van der Waals surface area contributed by atoms with E-state index in [4.69, 9.17) is 4.74 Å². The smallest absolute Gasteiger partial charge is 0.350 e. The summed E-state index contributed by atoms with van der Waals surface area (Å²) in [6.45, 7) is 3.49. The van der Waals surface area contributed by atoms with Crippen molar-refractivity contribution in [1.29, 1.82) is 0 Å². The molecule has 2 aromatic carbocycles. The number of carbonyl (C=O) groups is 2. The van der Waals surface area contributed by atoms with Crippen molar-refractivity contribution < 1.29 is 14.3 Å². The Morgan fingerprint density at radius 2 is 1.78 bits per heavy atom. The van der Waals surface area contributed by atoms with Gasteiger partial charge in [-0.1, -0.05) is 49.4 Å². The van der Waals surface area contributed by atoms with Gasteiger partial charge in [-0.3, -0.25) is 4.79 Å². The molecule has 0 saturated heterocycles. The van der Waals surface area contributed by atoms with Gasteiger partial charge in [0, 0.05) is 11.3 Å². The molecule has 0 atom stereocenters. The van der Waals surface area contributed by atoms with E-state index in [-0.39, 0.29) is 12.5 Å². The Kier molecular flexibility index (Phi) is 5.98. The average molecular weight is 380 g/mol. The predicted molar refractivity (Wildman–Crippen MR) is 107 cm³/mol. The molecule has 0 aliphatic heterocycles. The summed E-state index contributed by atoms with van der Waals surface area (Å²) >= 11 is 1.26. The minimum Gasteiger partial charge on any atom is -0.451 e. The highest BCUT2D eigenvalue weighted by molar-refractivity contribution is 7.17. The molecule has 1 aromatic heterocycles. The second-order valence-electron chi connectivity index (χ2n) is 5.97. The van der Waals surface area contributed by atoms with Crippen LogP contribution >= 0.6 is 11.3 Å². The number of anilines is 1. The number of nitrogens with zero attached hydrogens (tertiary/aromatic N) is 1. The molecule has 0 unspecified atom stereocenters. The van der Waals surface area contributed by atoms with Gasteiger partial charge in [-0.2, -0.15) is 0 Å². The SMILES string of the molecule is CCc1ccc(NC(=O)COC(=O)c2sc(-c3ccccc3)nc2C)cc1. The summed E-state index contributed by atoms with van der Waals surface area (Å²) < 4.78 is 5.16. The van der Waals surface area contributed by atoms with Crippen LogP contribution in [-0.2, 0) is 16.0 Å². The van der Waals surface area contributed by atoms with Crippen molar-refractivity contribution in [3.63, 3.8) is 0 Å². The maximum Gasteiger partial charge on any atom is 0.350 e. The third-order valence-electron chi connectivity index (χ3n) is 3.98. The van der Waals surface area contributed by atoms with Gasteiger partial charge in [0.25, 0.3) is 5.91 Å². The summed E-state index contributed by atoms with van der Waals surface area (Å²) in [4.78, 5) is 29.2. The van der Waals surface area contributed by atoms with Crippen LogP contribution in [0.5, 0.6) is 0 Å². The molecular formula is C21H20N2O3S. The second kappa shape index (κ2) is 8.60. The van der Waals surface area contributed by atoms with Crippen molar-refractivity contribution >= 4 is 28.9 Å². The highest BCUT2D eigenvalue weighted by Crippen LogP contribution is 2.28. The third kappa shape index (κ3) is 4.80. The van der Waals surface area contributed by atoms with Crippen molar-refractivity contribution in [3.8, 4) is 10.6 Å². The Bertz CT molecular complexity index is 934. The lowest BCUT2D eigenvalue weighted by Gasteiger charge is -2.06. The van der Waals surface area contributed by atoms with Crippen molar-refractivity contribution in [1.82, 2.24) is 4.98 Å². The van der Waals surface area contributed by atoms with Crippen molar-refractivity contribution in [2.75, 3.05) is 11.9 Å². The van der Waals surface area contributed by atoms with Gasteiger partial charge in [-0.25, -0.2) is 9.78 Å². The summed E-state index contributed by atoms with van der Waals surface area (Å²) in [6, 6.07) is 17.2. The number of aryl methyl sites for hydroxylation is 2. The monoisotopic (exact) mass is 380 g/mol. The highest BCUT2D eigenvalue weighted by Gasteiger charge is 2.18. The summed E-state index contributed by atoms with van der Waals surface area (Å²) in [5, 5.41) is 3.47. The molecule has 5 nitrogen and oxygen atoms in total. The molecule has 3 rings (SSSR count). The number of amides is 1. The molecule has 27 heavy (non-hydrogen) atoms. The molecule has 0 fully saturated rings.